The van der Waals surface area contributed by atoms with Crippen molar-refractivity contribution in [2.45, 2.75) is 16.1 Å². The summed E-state index contributed by atoms with van der Waals surface area (Å²) in [6, 6.07) is 17.8. The summed E-state index contributed by atoms with van der Waals surface area (Å²) < 4.78 is 41.6. The number of rotatable bonds is 3. The van der Waals surface area contributed by atoms with E-state index in [1.165, 1.54) is 40.8 Å². The first kappa shape index (κ1) is 18.2. The molecule has 0 radical (unpaired) electrons. The lowest BCUT2D eigenvalue weighted by Crippen LogP contribution is -2.16. The molecule has 0 aliphatic heterocycles. The van der Waals surface area contributed by atoms with Crippen LogP contribution in [0.1, 0.15) is 5.56 Å². The van der Waals surface area contributed by atoms with E-state index in [1.54, 1.807) is 12.1 Å². The molecule has 0 saturated carbocycles. The van der Waals surface area contributed by atoms with E-state index in [2.05, 4.69) is 10.1 Å². The zero-order chi connectivity index (χ0) is 19.7. The molecule has 2 heterocycles. The molecule has 0 N–H and O–H groups in total. The number of fused-ring (bicyclic) bond motifs is 1. The van der Waals surface area contributed by atoms with Crippen molar-refractivity contribution >= 4 is 17.3 Å². The van der Waals surface area contributed by atoms with Gasteiger partial charge < -0.3 is 0 Å². The number of hydrogen-bond acceptors (Lipinski definition) is 4. The summed E-state index contributed by atoms with van der Waals surface area (Å²) >= 11 is 1.40. The normalized spacial score (nSPS) is 11.7. The maximum absolute atomic E-state index is 13.4. The molecule has 0 amide bonds. The molecule has 0 unspecified atom stereocenters. The lowest BCUT2D eigenvalue weighted by atomic mass is 10.00. The molecular weight excluding hydrogens is 387 g/mol. The van der Waals surface area contributed by atoms with Crippen LogP contribution >= 0.6 is 11.8 Å². The monoisotopic (exact) mass is 399 g/mol. The number of hydrogen-bond donors (Lipinski definition) is 0. The summed E-state index contributed by atoms with van der Waals surface area (Å²) in [5.74, 6) is 0. The van der Waals surface area contributed by atoms with Gasteiger partial charge in [0.15, 0.2) is 0 Å². The molecule has 0 spiro atoms. The summed E-state index contributed by atoms with van der Waals surface area (Å²) in [6.07, 6.45) is -3.38. The Labute approximate surface area is 161 Å². The van der Waals surface area contributed by atoms with Crippen LogP contribution in [-0.4, -0.2) is 14.6 Å². The molecule has 140 valence electrons. The Morgan fingerprint density at radius 1 is 0.893 bits per heavy atom. The average Bonchev–Trinajstić information content (AvgIpc) is 2.68. The number of halogens is 3. The maximum atomic E-state index is 13.4. The highest BCUT2D eigenvalue weighted by Gasteiger charge is 2.34. The minimum atomic E-state index is -4.59. The van der Waals surface area contributed by atoms with Crippen LogP contribution in [0, 0.1) is 0 Å². The van der Waals surface area contributed by atoms with Gasteiger partial charge in [0.1, 0.15) is 11.4 Å². The Kier molecular flexibility index (Phi) is 4.64. The highest BCUT2D eigenvalue weighted by molar-refractivity contribution is 7.99. The molecule has 2 aromatic heterocycles. The molecular formula is C20H12F3N3OS. The van der Waals surface area contributed by atoms with E-state index in [0.717, 1.165) is 11.0 Å². The molecule has 0 saturated heterocycles. The first-order valence-electron chi connectivity index (χ1n) is 8.22. The second kappa shape index (κ2) is 7.12. The number of nitrogens with zero attached hydrogens (tertiary/aromatic N) is 3. The number of alkyl halides is 3. The third-order valence-corrected chi connectivity index (χ3v) is 4.99. The fourth-order valence-electron chi connectivity index (χ4n) is 2.85. The van der Waals surface area contributed by atoms with E-state index in [0.29, 0.717) is 5.03 Å². The fraction of sp³-hybridized carbons (Fsp3) is 0.0500. The van der Waals surface area contributed by atoms with Gasteiger partial charge in [-0.3, -0.25) is 4.79 Å². The van der Waals surface area contributed by atoms with Gasteiger partial charge in [0.25, 0.3) is 5.56 Å². The van der Waals surface area contributed by atoms with Crippen molar-refractivity contribution in [1.82, 2.24) is 14.6 Å². The van der Waals surface area contributed by atoms with Crippen LogP contribution in [0.3, 0.4) is 0 Å². The summed E-state index contributed by atoms with van der Waals surface area (Å²) in [4.78, 5) is 17.1. The third-order valence-electron chi connectivity index (χ3n) is 4.06. The molecule has 28 heavy (non-hydrogen) atoms. The maximum Gasteiger partial charge on any atom is 0.417 e. The minimum absolute atomic E-state index is 0.126. The van der Waals surface area contributed by atoms with E-state index in [-0.39, 0.29) is 16.6 Å². The van der Waals surface area contributed by atoms with Gasteiger partial charge in [-0.25, -0.2) is 4.52 Å². The third kappa shape index (κ3) is 3.50. The first-order chi connectivity index (χ1) is 13.4. The van der Waals surface area contributed by atoms with Crippen LogP contribution in [0.25, 0.3) is 16.6 Å². The Balaban J connectivity index is 1.87. The molecule has 0 atom stereocenters. The highest BCUT2D eigenvalue weighted by Crippen LogP contribution is 2.37. The zero-order valence-electron chi connectivity index (χ0n) is 14.2. The second-order valence-corrected chi connectivity index (χ2v) is 6.98. The van der Waals surface area contributed by atoms with Gasteiger partial charge in [0.2, 0.25) is 0 Å². The topological polar surface area (TPSA) is 47.3 Å². The van der Waals surface area contributed by atoms with Crippen molar-refractivity contribution in [2.24, 2.45) is 0 Å². The highest BCUT2D eigenvalue weighted by atomic mass is 32.2. The Morgan fingerprint density at radius 2 is 1.61 bits per heavy atom. The van der Waals surface area contributed by atoms with Gasteiger partial charge in [-0.05, 0) is 30.3 Å². The SMILES string of the molecule is O=c1ncn2nc(Sc3ccccc3)ccc2c1-c1ccccc1C(F)(F)F. The molecule has 4 rings (SSSR count). The zero-order valence-corrected chi connectivity index (χ0v) is 15.0. The quantitative estimate of drug-likeness (QED) is 0.490. The first-order valence-corrected chi connectivity index (χ1v) is 9.03. The molecule has 0 aliphatic carbocycles. The van der Waals surface area contributed by atoms with E-state index in [1.807, 2.05) is 30.3 Å². The molecule has 4 aromatic rings. The summed E-state index contributed by atoms with van der Waals surface area (Å²) in [7, 11) is 0. The standard InChI is InChI=1S/C20H12F3N3OS/c21-20(22,23)15-9-5-4-8-14(15)18-16-10-11-17(25-26(16)12-24-19(18)27)28-13-6-2-1-3-7-13/h1-12H. The van der Waals surface area contributed by atoms with Gasteiger partial charge in [-0.2, -0.15) is 23.3 Å². The lowest BCUT2D eigenvalue weighted by Gasteiger charge is -2.14. The van der Waals surface area contributed by atoms with Crippen molar-refractivity contribution in [2.75, 3.05) is 0 Å². The molecule has 0 fully saturated rings. The van der Waals surface area contributed by atoms with Crippen LogP contribution in [-0.2, 0) is 6.18 Å². The van der Waals surface area contributed by atoms with Crippen molar-refractivity contribution in [3.63, 3.8) is 0 Å². The van der Waals surface area contributed by atoms with Gasteiger partial charge in [-0.15, -0.1) is 0 Å². The predicted octanol–water partition coefficient (Wildman–Crippen LogP) is 4.93. The molecule has 0 bridgehead atoms. The smallest absolute Gasteiger partial charge is 0.267 e. The molecule has 2 aromatic carbocycles. The fourth-order valence-corrected chi connectivity index (χ4v) is 3.65. The van der Waals surface area contributed by atoms with Crippen LogP contribution in [0.15, 0.2) is 87.8 Å². The summed E-state index contributed by atoms with van der Waals surface area (Å²) in [5, 5.41) is 5.01. The van der Waals surface area contributed by atoms with E-state index < -0.39 is 17.3 Å². The molecule has 4 nitrogen and oxygen atoms in total. The van der Waals surface area contributed by atoms with Crippen LogP contribution < -0.4 is 5.56 Å². The van der Waals surface area contributed by atoms with Gasteiger partial charge in [-0.1, -0.05) is 48.2 Å². The van der Waals surface area contributed by atoms with E-state index in [9.17, 15) is 18.0 Å². The Morgan fingerprint density at radius 3 is 2.36 bits per heavy atom. The molecule has 0 aliphatic rings. The van der Waals surface area contributed by atoms with E-state index in [4.69, 9.17) is 0 Å². The van der Waals surface area contributed by atoms with Crippen LogP contribution in [0.2, 0.25) is 0 Å². The predicted molar refractivity (Wildman–Crippen MR) is 100 cm³/mol. The van der Waals surface area contributed by atoms with Gasteiger partial charge in [0.05, 0.1) is 16.6 Å². The van der Waals surface area contributed by atoms with Crippen molar-refractivity contribution in [1.29, 1.82) is 0 Å². The average molecular weight is 399 g/mol. The minimum Gasteiger partial charge on any atom is -0.267 e. The van der Waals surface area contributed by atoms with Gasteiger partial charge >= 0.3 is 6.18 Å². The Hall–Kier alpha value is -3.13. The van der Waals surface area contributed by atoms with Crippen LogP contribution in [0.5, 0.6) is 0 Å². The molecule has 8 heteroatoms. The number of aromatic nitrogens is 3. The van der Waals surface area contributed by atoms with Crippen molar-refractivity contribution in [3.05, 3.63) is 89.0 Å². The lowest BCUT2D eigenvalue weighted by molar-refractivity contribution is -0.137. The Bertz CT molecular complexity index is 1210. The largest absolute Gasteiger partial charge is 0.417 e. The van der Waals surface area contributed by atoms with E-state index >= 15 is 0 Å². The van der Waals surface area contributed by atoms with Crippen LogP contribution in [0.4, 0.5) is 13.2 Å². The number of benzene rings is 2. The van der Waals surface area contributed by atoms with Crippen molar-refractivity contribution in [3.8, 4) is 11.1 Å². The summed E-state index contributed by atoms with van der Waals surface area (Å²) in [5.41, 5.74) is -1.70. The summed E-state index contributed by atoms with van der Waals surface area (Å²) in [6.45, 7) is 0. The second-order valence-electron chi connectivity index (χ2n) is 5.88. The van der Waals surface area contributed by atoms with Gasteiger partial charge in [0, 0.05) is 10.5 Å². The van der Waals surface area contributed by atoms with Crippen molar-refractivity contribution < 1.29 is 13.2 Å².